The summed E-state index contributed by atoms with van der Waals surface area (Å²) in [7, 11) is 0. The molecule has 132 valence electrons. The average Bonchev–Trinajstić information content (AvgIpc) is 3.45. The van der Waals surface area contributed by atoms with Crippen LogP contribution in [-0.4, -0.2) is 23.8 Å². The van der Waals surface area contributed by atoms with E-state index >= 15 is 0 Å². The second kappa shape index (κ2) is 6.63. The van der Waals surface area contributed by atoms with Gasteiger partial charge >= 0.3 is 0 Å². The van der Waals surface area contributed by atoms with E-state index in [-0.39, 0.29) is 30.2 Å². The smallest absolute Gasteiger partial charge is 0.253 e. The first kappa shape index (κ1) is 16.3. The van der Waals surface area contributed by atoms with Gasteiger partial charge in [-0.3, -0.25) is 14.4 Å². The quantitative estimate of drug-likeness (QED) is 0.793. The summed E-state index contributed by atoms with van der Waals surface area (Å²) in [6, 6.07) is 14.4. The SMILES string of the molecule is O=C1C[C@@H](C(=O)Nc2ccccc2C(=O)NC2CC2)c2ccccc2N1. The minimum absolute atomic E-state index is 0.0826. The zero-order valence-electron chi connectivity index (χ0n) is 14.1. The molecule has 1 fully saturated rings. The highest BCUT2D eigenvalue weighted by atomic mass is 16.2. The minimum Gasteiger partial charge on any atom is -0.349 e. The lowest BCUT2D eigenvalue weighted by atomic mass is 9.89. The van der Waals surface area contributed by atoms with Crippen molar-refractivity contribution in [3.63, 3.8) is 0 Å². The van der Waals surface area contributed by atoms with Crippen LogP contribution in [0.25, 0.3) is 0 Å². The first-order valence-corrected chi connectivity index (χ1v) is 8.71. The van der Waals surface area contributed by atoms with Gasteiger partial charge in [0.25, 0.3) is 5.91 Å². The van der Waals surface area contributed by atoms with Gasteiger partial charge in [-0.1, -0.05) is 30.3 Å². The van der Waals surface area contributed by atoms with Crippen molar-refractivity contribution < 1.29 is 14.4 Å². The maximum Gasteiger partial charge on any atom is 0.253 e. The molecule has 0 saturated heterocycles. The molecule has 0 bridgehead atoms. The molecule has 0 unspecified atom stereocenters. The summed E-state index contributed by atoms with van der Waals surface area (Å²) >= 11 is 0. The third-order valence-corrected chi connectivity index (χ3v) is 4.66. The molecule has 4 rings (SSSR count). The first-order valence-electron chi connectivity index (χ1n) is 8.71. The zero-order valence-corrected chi connectivity index (χ0v) is 14.1. The average molecular weight is 349 g/mol. The van der Waals surface area contributed by atoms with Gasteiger partial charge in [0.2, 0.25) is 11.8 Å². The number of hydrogen-bond acceptors (Lipinski definition) is 3. The Kier molecular flexibility index (Phi) is 4.16. The van der Waals surface area contributed by atoms with Crippen molar-refractivity contribution in [3.8, 4) is 0 Å². The lowest BCUT2D eigenvalue weighted by Crippen LogP contribution is -2.32. The van der Waals surface area contributed by atoms with Crippen LogP contribution in [0.5, 0.6) is 0 Å². The first-order chi connectivity index (χ1) is 12.6. The Bertz CT molecular complexity index is 889. The molecule has 1 aliphatic carbocycles. The number of para-hydroxylation sites is 2. The van der Waals surface area contributed by atoms with Gasteiger partial charge in [0, 0.05) is 18.2 Å². The predicted octanol–water partition coefficient (Wildman–Crippen LogP) is 2.64. The van der Waals surface area contributed by atoms with Crippen molar-refractivity contribution >= 4 is 29.1 Å². The van der Waals surface area contributed by atoms with Gasteiger partial charge in [-0.15, -0.1) is 0 Å². The molecule has 3 N–H and O–H groups in total. The molecule has 6 heteroatoms. The Morgan fingerprint density at radius 3 is 2.54 bits per heavy atom. The number of hydrogen-bond donors (Lipinski definition) is 3. The van der Waals surface area contributed by atoms with E-state index in [4.69, 9.17) is 0 Å². The molecule has 26 heavy (non-hydrogen) atoms. The molecule has 1 atom stereocenters. The molecule has 6 nitrogen and oxygen atoms in total. The standard InChI is InChI=1S/C20H19N3O3/c24-18-11-15(13-5-1-3-7-16(13)22-18)20(26)23-17-8-4-2-6-14(17)19(25)21-12-9-10-12/h1-8,12,15H,9-11H2,(H,21,25)(H,22,24)(H,23,26)/t15-/m1/s1. The van der Waals surface area contributed by atoms with Crippen LogP contribution in [0.4, 0.5) is 11.4 Å². The fourth-order valence-electron chi connectivity index (χ4n) is 3.15. The zero-order chi connectivity index (χ0) is 18.1. The largest absolute Gasteiger partial charge is 0.349 e. The second-order valence-corrected chi connectivity index (χ2v) is 6.67. The molecule has 1 aliphatic heterocycles. The second-order valence-electron chi connectivity index (χ2n) is 6.67. The van der Waals surface area contributed by atoms with Crippen molar-refractivity contribution in [3.05, 3.63) is 59.7 Å². The summed E-state index contributed by atoms with van der Waals surface area (Å²) in [4.78, 5) is 37.2. The Morgan fingerprint density at radius 1 is 1.00 bits per heavy atom. The van der Waals surface area contributed by atoms with Crippen LogP contribution in [0.2, 0.25) is 0 Å². The van der Waals surface area contributed by atoms with Gasteiger partial charge in [0.1, 0.15) is 0 Å². The highest BCUT2D eigenvalue weighted by molar-refractivity contribution is 6.08. The fourth-order valence-corrected chi connectivity index (χ4v) is 3.15. The third kappa shape index (κ3) is 3.31. The van der Waals surface area contributed by atoms with Gasteiger partial charge in [0.15, 0.2) is 0 Å². The van der Waals surface area contributed by atoms with E-state index < -0.39 is 5.92 Å². The molecule has 1 saturated carbocycles. The van der Waals surface area contributed by atoms with Crippen LogP contribution in [0.1, 0.15) is 41.1 Å². The molecular formula is C20H19N3O3. The van der Waals surface area contributed by atoms with Crippen LogP contribution in [-0.2, 0) is 9.59 Å². The number of amides is 3. The number of rotatable bonds is 4. The molecule has 0 spiro atoms. The summed E-state index contributed by atoms with van der Waals surface area (Å²) in [6.45, 7) is 0. The maximum absolute atomic E-state index is 12.9. The number of carbonyl (C=O) groups is 3. The summed E-state index contributed by atoms with van der Waals surface area (Å²) < 4.78 is 0. The van der Waals surface area contributed by atoms with E-state index in [1.807, 2.05) is 18.2 Å². The lowest BCUT2D eigenvalue weighted by Gasteiger charge is -2.25. The number of nitrogens with one attached hydrogen (secondary N) is 3. The van der Waals surface area contributed by atoms with Gasteiger partial charge in [-0.2, -0.15) is 0 Å². The molecule has 2 aromatic carbocycles. The van der Waals surface area contributed by atoms with Crippen LogP contribution >= 0.6 is 0 Å². The van der Waals surface area contributed by atoms with E-state index in [1.54, 1.807) is 30.3 Å². The van der Waals surface area contributed by atoms with Crippen molar-refractivity contribution in [2.75, 3.05) is 10.6 Å². The number of anilines is 2. The Hall–Kier alpha value is -3.15. The summed E-state index contributed by atoms with van der Waals surface area (Å²) in [5, 5.41) is 8.55. The van der Waals surface area contributed by atoms with Crippen molar-refractivity contribution in [1.82, 2.24) is 5.32 Å². The van der Waals surface area contributed by atoms with E-state index in [2.05, 4.69) is 16.0 Å². The predicted molar refractivity (Wildman–Crippen MR) is 98.0 cm³/mol. The van der Waals surface area contributed by atoms with Crippen LogP contribution in [0.15, 0.2) is 48.5 Å². The Labute approximate surface area is 151 Å². The summed E-state index contributed by atoms with van der Waals surface area (Å²) in [5.74, 6) is -1.26. The van der Waals surface area contributed by atoms with Gasteiger partial charge in [-0.05, 0) is 36.6 Å². The van der Waals surface area contributed by atoms with Crippen molar-refractivity contribution in [2.24, 2.45) is 0 Å². The topological polar surface area (TPSA) is 87.3 Å². The normalized spacial score (nSPS) is 18.5. The van der Waals surface area contributed by atoms with Gasteiger partial charge in [-0.25, -0.2) is 0 Å². The Balaban J connectivity index is 1.57. The van der Waals surface area contributed by atoms with Gasteiger partial charge in [0.05, 0.1) is 17.2 Å². The molecule has 0 radical (unpaired) electrons. The summed E-state index contributed by atoms with van der Waals surface area (Å²) in [5.41, 5.74) is 2.33. The van der Waals surface area contributed by atoms with Crippen LogP contribution in [0.3, 0.4) is 0 Å². The Morgan fingerprint density at radius 2 is 1.73 bits per heavy atom. The summed E-state index contributed by atoms with van der Waals surface area (Å²) in [6.07, 6.45) is 2.07. The number of carbonyl (C=O) groups excluding carboxylic acids is 3. The van der Waals surface area contributed by atoms with E-state index in [1.165, 1.54) is 0 Å². The lowest BCUT2D eigenvalue weighted by molar-refractivity contribution is -0.123. The van der Waals surface area contributed by atoms with E-state index in [9.17, 15) is 14.4 Å². The minimum atomic E-state index is -0.584. The molecule has 2 aliphatic rings. The van der Waals surface area contributed by atoms with Crippen LogP contribution < -0.4 is 16.0 Å². The monoisotopic (exact) mass is 349 g/mol. The van der Waals surface area contributed by atoms with Gasteiger partial charge < -0.3 is 16.0 Å². The third-order valence-electron chi connectivity index (χ3n) is 4.66. The van der Waals surface area contributed by atoms with Crippen molar-refractivity contribution in [2.45, 2.75) is 31.2 Å². The highest BCUT2D eigenvalue weighted by Crippen LogP contribution is 2.33. The molecule has 0 aromatic heterocycles. The fraction of sp³-hybridized carbons (Fsp3) is 0.250. The van der Waals surface area contributed by atoms with Crippen LogP contribution in [0, 0.1) is 0 Å². The molecule has 2 aromatic rings. The highest BCUT2D eigenvalue weighted by Gasteiger charge is 2.31. The van der Waals surface area contributed by atoms with E-state index in [0.29, 0.717) is 16.9 Å². The molecular weight excluding hydrogens is 330 g/mol. The number of fused-ring (bicyclic) bond motifs is 1. The number of benzene rings is 2. The molecule has 3 amide bonds. The van der Waals surface area contributed by atoms with E-state index in [0.717, 1.165) is 18.4 Å². The van der Waals surface area contributed by atoms with Crippen molar-refractivity contribution in [1.29, 1.82) is 0 Å². The maximum atomic E-state index is 12.9. The molecule has 1 heterocycles.